The topological polar surface area (TPSA) is 85.4 Å². The minimum Gasteiger partial charge on any atom is -0.466 e. The highest BCUT2D eigenvalue weighted by molar-refractivity contribution is 9.10. The van der Waals surface area contributed by atoms with Gasteiger partial charge in [0.15, 0.2) is 0 Å². The molecule has 0 aromatic carbocycles. The molecule has 1 rings (SSSR count). The summed E-state index contributed by atoms with van der Waals surface area (Å²) in [5.74, 6) is -0.848. The van der Waals surface area contributed by atoms with Crippen LogP contribution in [0.5, 0.6) is 0 Å². The van der Waals surface area contributed by atoms with Crippen molar-refractivity contribution in [2.45, 2.75) is 20.3 Å². The first-order valence-corrected chi connectivity index (χ1v) is 8.07. The van der Waals surface area contributed by atoms with Crippen LogP contribution in [0.25, 0.3) is 0 Å². The number of esters is 1. The number of rotatable bonds is 6. The first-order valence-electron chi connectivity index (χ1n) is 5.62. The molecular weight excluding hydrogens is 336 g/mol. The zero-order chi connectivity index (χ0) is 14.5. The Morgan fingerprint density at radius 3 is 2.79 bits per heavy atom. The second kappa shape index (κ2) is 6.85. The van der Waals surface area contributed by atoms with Gasteiger partial charge in [-0.3, -0.25) is 9.52 Å². The molecule has 0 saturated heterocycles. The predicted octanol–water partition coefficient (Wildman–Crippen LogP) is 1.85. The van der Waals surface area contributed by atoms with Crippen molar-refractivity contribution < 1.29 is 17.9 Å². The van der Waals surface area contributed by atoms with Gasteiger partial charge in [0.05, 0.1) is 30.7 Å². The van der Waals surface area contributed by atoms with Gasteiger partial charge in [0.25, 0.3) is 0 Å². The monoisotopic (exact) mass is 350 g/mol. The zero-order valence-corrected chi connectivity index (χ0v) is 13.0. The fourth-order valence-electron chi connectivity index (χ4n) is 1.30. The molecule has 0 unspecified atom stereocenters. The number of pyridine rings is 1. The molecule has 0 fully saturated rings. The van der Waals surface area contributed by atoms with Crippen molar-refractivity contribution in [1.82, 2.24) is 4.98 Å². The average molecular weight is 351 g/mol. The average Bonchev–Trinajstić information content (AvgIpc) is 2.32. The van der Waals surface area contributed by atoms with Gasteiger partial charge in [-0.2, -0.15) is 0 Å². The van der Waals surface area contributed by atoms with Crippen LogP contribution in [0.2, 0.25) is 0 Å². The smallest absolute Gasteiger partial charge is 0.306 e. The third-order valence-corrected chi connectivity index (χ3v) is 4.29. The van der Waals surface area contributed by atoms with Crippen LogP contribution < -0.4 is 4.72 Å². The minimum absolute atomic E-state index is 0.174. The fraction of sp³-hybridized carbons (Fsp3) is 0.455. The van der Waals surface area contributed by atoms with Gasteiger partial charge >= 0.3 is 5.97 Å². The lowest BCUT2D eigenvalue weighted by Gasteiger charge is -2.08. The Morgan fingerprint density at radius 2 is 2.21 bits per heavy atom. The number of hydrogen-bond acceptors (Lipinski definition) is 5. The Bertz CT molecular complexity index is 560. The van der Waals surface area contributed by atoms with Gasteiger partial charge in [-0.1, -0.05) is 0 Å². The quantitative estimate of drug-likeness (QED) is 0.624. The lowest BCUT2D eigenvalue weighted by molar-refractivity contribution is -0.142. The van der Waals surface area contributed by atoms with Crippen LogP contribution in [0.1, 0.15) is 18.9 Å². The number of sulfonamides is 1. The fourth-order valence-corrected chi connectivity index (χ4v) is 2.52. The van der Waals surface area contributed by atoms with Gasteiger partial charge in [0, 0.05) is 0 Å². The Morgan fingerprint density at radius 1 is 1.53 bits per heavy atom. The maximum atomic E-state index is 11.7. The summed E-state index contributed by atoms with van der Waals surface area (Å²) >= 11 is 3.23. The van der Waals surface area contributed by atoms with E-state index in [2.05, 4.69) is 30.4 Å². The van der Waals surface area contributed by atoms with Gasteiger partial charge in [-0.25, -0.2) is 13.4 Å². The second-order valence-corrected chi connectivity index (χ2v) is 6.40. The molecular formula is C11H15BrN2O4S. The molecule has 0 aliphatic rings. The van der Waals surface area contributed by atoms with Gasteiger partial charge < -0.3 is 4.74 Å². The molecule has 19 heavy (non-hydrogen) atoms. The SMILES string of the molecule is CCOC(=O)CCS(=O)(=O)Nc1cnc(Br)c(C)c1. The van der Waals surface area contributed by atoms with Crippen LogP contribution in [-0.2, 0) is 19.6 Å². The van der Waals surface area contributed by atoms with E-state index in [4.69, 9.17) is 0 Å². The Balaban J connectivity index is 2.64. The molecule has 1 heterocycles. The van der Waals surface area contributed by atoms with Gasteiger partial charge in [0.1, 0.15) is 4.60 Å². The standard InChI is InChI=1S/C11H15BrN2O4S/c1-3-18-10(15)4-5-19(16,17)14-9-6-8(2)11(12)13-7-9/h6-7,14H,3-5H2,1-2H3. The van der Waals surface area contributed by atoms with E-state index in [1.807, 2.05) is 0 Å². The highest BCUT2D eigenvalue weighted by Gasteiger charge is 2.14. The molecule has 0 aliphatic heterocycles. The second-order valence-electron chi connectivity index (χ2n) is 3.81. The lowest BCUT2D eigenvalue weighted by atomic mass is 10.3. The molecule has 0 radical (unpaired) electrons. The van der Waals surface area contributed by atoms with E-state index in [1.165, 1.54) is 6.20 Å². The molecule has 8 heteroatoms. The number of aromatic nitrogens is 1. The van der Waals surface area contributed by atoms with Crippen LogP contribution >= 0.6 is 15.9 Å². The third kappa shape index (κ3) is 5.56. The van der Waals surface area contributed by atoms with E-state index >= 15 is 0 Å². The van der Waals surface area contributed by atoms with Crippen molar-refractivity contribution >= 4 is 37.6 Å². The highest BCUT2D eigenvalue weighted by Crippen LogP contribution is 2.17. The van der Waals surface area contributed by atoms with E-state index in [0.717, 1.165) is 5.56 Å². The molecule has 0 aliphatic carbocycles. The molecule has 0 saturated carbocycles. The summed E-state index contributed by atoms with van der Waals surface area (Å²) in [6.07, 6.45) is 1.23. The molecule has 1 aromatic heterocycles. The first-order chi connectivity index (χ1) is 8.84. The maximum Gasteiger partial charge on any atom is 0.306 e. The lowest BCUT2D eigenvalue weighted by Crippen LogP contribution is -2.20. The van der Waals surface area contributed by atoms with E-state index in [9.17, 15) is 13.2 Å². The summed E-state index contributed by atoms with van der Waals surface area (Å²) in [5, 5.41) is 0. The molecule has 6 nitrogen and oxygen atoms in total. The normalized spacial score (nSPS) is 11.1. The number of hydrogen-bond donors (Lipinski definition) is 1. The first kappa shape index (κ1) is 15.9. The van der Waals surface area contributed by atoms with Crippen molar-refractivity contribution in [3.63, 3.8) is 0 Å². The highest BCUT2D eigenvalue weighted by atomic mass is 79.9. The largest absolute Gasteiger partial charge is 0.466 e. The van der Waals surface area contributed by atoms with Crippen molar-refractivity contribution in [3.05, 3.63) is 22.4 Å². The summed E-state index contributed by atoms with van der Waals surface area (Å²) in [5.41, 5.74) is 1.18. The van der Waals surface area contributed by atoms with E-state index < -0.39 is 16.0 Å². The van der Waals surface area contributed by atoms with Crippen LogP contribution in [-0.4, -0.2) is 31.7 Å². The number of nitrogens with one attached hydrogen (secondary N) is 1. The van der Waals surface area contributed by atoms with Gasteiger partial charge in [-0.15, -0.1) is 0 Å². The van der Waals surface area contributed by atoms with Gasteiger partial charge in [-0.05, 0) is 41.4 Å². The Kier molecular flexibility index (Phi) is 5.74. The number of aryl methyl sites for hydroxylation is 1. The predicted molar refractivity (Wildman–Crippen MR) is 75.3 cm³/mol. The summed E-state index contributed by atoms with van der Waals surface area (Å²) in [6.45, 7) is 3.70. The zero-order valence-electron chi connectivity index (χ0n) is 10.6. The van der Waals surface area contributed by atoms with E-state index in [0.29, 0.717) is 10.3 Å². The summed E-state index contributed by atoms with van der Waals surface area (Å²) in [7, 11) is -3.58. The molecule has 0 amide bonds. The summed E-state index contributed by atoms with van der Waals surface area (Å²) in [4.78, 5) is 15.1. The van der Waals surface area contributed by atoms with Crippen LogP contribution in [0, 0.1) is 6.92 Å². The summed E-state index contributed by atoms with van der Waals surface area (Å²) in [6, 6.07) is 1.65. The Labute approximate surface area is 120 Å². The maximum absolute atomic E-state index is 11.7. The van der Waals surface area contributed by atoms with Crippen molar-refractivity contribution in [1.29, 1.82) is 0 Å². The number of anilines is 1. The number of ether oxygens (including phenoxy) is 1. The molecule has 1 aromatic rings. The van der Waals surface area contributed by atoms with Crippen LogP contribution in [0.4, 0.5) is 5.69 Å². The van der Waals surface area contributed by atoms with Gasteiger partial charge in [0.2, 0.25) is 10.0 Å². The van der Waals surface area contributed by atoms with E-state index in [-0.39, 0.29) is 18.8 Å². The molecule has 106 valence electrons. The number of nitrogens with zero attached hydrogens (tertiary/aromatic N) is 1. The van der Waals surface area contributed by atoms with Crippen molar-refractivity contribution in [2.24, 2.45) is 0 Å². The molecule has 0 spiro atoms. The third-order valence-electron chi connectivity index (χ3n) is 2.17. The summed E-state index contributed by atoms with van der Waals surface area (Å²) < 4.78 is 31.2. The van der Waals surface area contributed by atoms with Crippen LogP contribution in [0.15, 0.2) is 16.9 Å². The number of halogens is 1. The Hall–Kier alpha value is -1.15. The van der Waals surface area contributed by atoms with Crippen molar-refractivity contribution in [3.8, 4) is 0 Å². The van der Waals surface area contributed by atoms with Crippen molar-refractivity contribution in [2.75, 3.05) is 17.1 Å². The van der Waals surface area contributed by atoms with Crippen LogP contribution in [0.3, 0.4) is 0 Å². The van der Waals surface area contributed by atoms with E-state index in [1.54, 1.807) is 19.9 Å². The minimum atomic E-state index is -3.58. The number of carbonyl (C=O) groups excluding carboxylic acids is 1. The number of carbonyl (C=O) groups is 1. The molecule has 0 atom stereocenters. The molecule has 0 bridgehead atoms. The molecule has 1 N–H and O–H groups in total.